The molecule has 0 atom stereocenters. The molecule has 0 bridgehead atoms. The van der Waals surface area contributed by atoms with Gasteiger partial charge >= 0.3 is 0 Å². The number of rotatable bonds is 2. The van der Waals surface area contributed by atoms with E-state index in [-0.39, 0.29) is 17.4 Å². The molecule has 1 aliphatic rings. The largest absolute Gasteiger partial charge is 0.466 e. The van der Waals surface area contributed by atoms with Gasteiger partial charge in [-0.2, -0.15) is 0 Å². The van der Waals surface area contributed by atoms with Gasteiger partial charge in [0.05, 0.1) is 11.3 Å². The second-order valence-corrected chi connectivity index (χ2v) is 5.27. The number of aryl methyl sites for hydroxylation is 2. The van der Waals surface area contributed by atoms with Crippen LogP contribution in [0.25, 0.3) is 0 Å². The van der Waals surface area contributed by atoms with Gasteiger partial charge in [-0.3, -0.25) is 4.79 Å². The number of amides is 1. The summed E-state index contributed by atoms with van der Waals surface area (Å²) in [5.74, 6) is 0.513. The Bertz CT molecular complexity index is 707. The molecule has 1 aliphatic heterocycles. The van der Waals surface area contributed by atoms with Crippen LogP contribution in [0.3, 0.4) is 0 Å². The van der Waals surface area contributed by atoms with Gasteiger partial charge in [0, 0.05) is 6.54 Å². The topological polar surface area (TPSA) is 54.3 Å². The maximum atomic E-state index is 14.5. The quantitative estimate of drug-likeness (QED) is 0.893. The highest BCUT2D eigenvalue weighted by atomic mass is 19.1. The lowest BCUT2D eigenvalue weighted by molar-refractivity contribution is 0.102. The van der Waals surface area contributed by atoms with Crippen LogP contribution in [-0.4, -0.2) is 12.5 Å². The molecule has 2 aromatic rings. The van der Waals surface area contributed by atoms with Crippen molar-refractivity contribution in [2.24, 2.45) is 0 Å². The number of benzene rings is 1. The lowest BCUT2D eigenvalue weighted by Gasteiger charge is -2.19. The number of nitrogens with one attached hydrogen (secondary N) is 2. The van der Waals surface area contributed by atoms with E-state index in [1.165, 1.54) is 0 Å². The van der Waals surface area contributed by atoms with E-state index >= 15 is 0 Å². The van der Waals surface area contributed by atoms with Crippen molar-refractivity contribution in [2.45, 2.75) is 26.8 Å². The number of hydrogen-bond acceptors (Lipinski definition) is 3. The predicted molar refractivity (Wildman–Crippen MR) is 77.9 cm³/mol. The van der Waals surface area contributed by atoms with Crippen LogP contribution >= 0.6 is 0 Å². The highest BCUT2D eigenvalue weighted by Crippen LogP contribution is 2.25. The van der Waals surface area contributed by atoms with E-state index < -0.39 is 0 Å². The molecule has 1 aromatic carbocycles. The summed E-state index contributed by atoms with van der Waals surface area (Å²) in [6, 6.07) is 5.12. The van der Waals surface area contributed by atoms with E-state index in [9.17, 15) is 9.18 Å². The summed E-state index contributed by atoms with van der Waals surface area (Å²) in [7, 11) is 0. The van der Waals surface area contributed by atoms with Crippen LogP contribution in [0.2, 0.25) is 0 Å². The molecule has 0 aliphatic carbocycles. The van der Waals surface area contributed by atoms with E-state index in [0.29, 0.717) is 35.6 Å². The van der Waals surface area contributed by atoms with Crippen molar-refractivity contribution in [3.8, 4) is 0 Å². The summed E-state index contributed by atoms with van der Waals surface area (Å²) in [5, 5.41) is 5.83. The zero-order valence-corrected chi connectivity index (χ0v) is 12.0. The second kappa shape index (κ2) is 5.33. The molecule has 1 aromatic heterocycles. The number of carbonyl (C=O) groups excluding carboxylic acids is 1. The fourth-order valence-corrected chi connectivity index (χ4v) is 2.68. The maximum absolute atomic E-state index is 14.5. The average molecular weight is 288 g/mol. The lowest BCUT2D eigenvalue weighted by atomic mass is 9.99. The van der Waals surface area contributed by atoms with Crippen LogP contribution < -0.4 is 10.6 Å². The Hall–Kier alpha value is -2.14. The van der Waals surface area contributed by atoms with Crippen molar-refractivity contribution < 1.29 is 13.6 Å². The molecule has 21 heavy (non-hydrogen) atoms. The van der Waals surface area contributed by atoms with E-state index in [2.05, 4.69) is 10.6 Å². The van der Waals surface area contributed by atoms with Crippen molar-refractivity contribution in [2.75, 3.05) is 11.9 Å². The number of halogens is 1. The third-order valence-electron chi connectivity index (χ3n) is 3.74. The minimum absolute atomic E-state index is 0.221. The molecule has 0 unspecified atom stereocenters. The summed E-state index contributed by atoms with van der Waals surface area (Å²) in [6.45, 7) is 4.91. The molecule has 110 valence electrons. The van der Waals surface area contributed by atoms with E-state index in [1.807, 2.05) is 6.07 Å². The van der Waals surface area contributed by atoms with Crippen molar-refractivity contribution >= 4 is 11.6 Å². The number of hydrogen-bond donors (Lipinski definition) is 2. The Balaban J connectivity index is 1.88. The third-order valence-corrected chi connectivity index (χ3v) is 3.74. The van der Waals surface area contributed by atoms with Crippen LogP contribution in [0.5, 0.6) is 0 Å². The molecule has 4 nitrogen and oxygen atoms in total. The van der Waals surface area contributed by atoms with Gasteiger partial charge in [-0.05, 0) is 50.1 Å². The normalized spacial score (nSPS) is 13.9. The fraction of sp³-hybridized carbons (Fsp3) is 0.312. The van der Waals surface area contributed by atoms with Crippen LogP contribution in [0.15, 0.2) is 22.6 Å². The lowest BCUT2D eigenvalue weighted by Crippen LogP contribution is -2.25. The molecule has 0 spiro atoms. The van der Waals surface area contributed by atoms with Gasteiger partial charge in [-0.25, -0.2) is 4.39 Å². The molecular formula is C16H17FN2O2. The molecule has 1 amide bonds. The number of furan rings is 1. The average Bonchev–Trinajstić information content (AvgIpc) is 2.81. The van der Waals surface area contributed by atoms with Gasteiger partial charge < -0.3 is 15.1 Å². The van der Waals surface area contributed by atoms with Crippen LogP contribution in [0.1, 0.15) is 33.0 Å². The first kappa shape index (κ1) is 13.8. The minimum atomic E-state index is -0.350. The van der Waals surface area contributed by atoms with Gasteiger partial charge in [-0.15, -0.1) is 0 Å². The standard InChI is InChI=1S/C16H17FN2O2/c1-9-7-13(10(2)21-9)16(20)19-14-4-3-11-8-18-6-5-12(11)15(14)17/h3-4,7,18H,5-6,8H2,1-2H3,(H,19,20). The zero-order valence-electron chi connectivity index (χ0n) is 12.0. The number of fused-ring (bicyclic) bond motifs is 1. The highest BCUT2D eigenvalue weighted by Gasteiger charge is 2.19. The predicted octanol–water partition coefficient (Wildman–Crippen LogP) is 2.93. The van der Waals surface area contributed by atoms with Gasteiger partial charge in [0.2, 0.25) is 0 Å². The molecule has 0 fully saturated rings. The van der Waals surface area contributed by atoms with Crippen molar-refractivity contribution in [1.82, 2.24) is 5.32 Å². The maximum Gasteiger partial charge on any atom is 0.259 e. The summed E-state index contributed by atoms with van der Waals surface area (Å²) in [6.07, 6.45) is 0.634. The molecule has 5 heteroatoms. The Morgan fingerprint density at radius 1 is 1.38 bits per heavy atom. The Morgan fingerprint density at radius 2 is 2.19 bits per heavy atom. The first-order valence-electron chi connectivity index (χ1n) is 6.95. The number of carbonyl (C=O) groups is 1. The number of anilines is 1. The van der Waals surface area contributed by atoms with Crippen molar-refractivity contribution in [1.29, 1.82) is 0 Å². The van der Waals surface area contributed by atoms with E-state index in [4.69, 9.17) is 4.42 Å². The monoisotopic (exact) mass is 288 g/mol. The van der Waals surface area contributed by atoms with Crippen LogP contribution in [0.4, 0.5) is 10.1 Å². The Morgan fingerprint density at radius 3 is 2.90 bits per heavy atom. The van der Waals surface area contributed by atoms with Gasteiger partial charge in [0.15, 0.2) is 0 Å². The van der Waals surface area contributed by atoms with E-state index in [1.54, 1.807) is 26.0 Å². The zero-order chi connectivity index (χ0) is 15.0. The second-order valence-electron chi connectivity index (χ2n) is 5.27. The summed E-state index contributed by atoms with van der Waals surface area (Å²) in [5.41, 5.74) is 2.30. The van der Waals surface area contributed by atoms with Crippen LogP contribution in [0, 0.1) is 19.7 Å². The fourth-order valence-electron chi connectivity index (χ4n) is 2.68. The summed E-state index contributed by atoms with van der Waals surface area (Å²) >= 11 is 0. The van der Waals surface area contributed by atoms with Crippen molar-refractivity contribution in [3.05, 3.63) is 52.2 Å². The summed E-state index contributed by atoms with van der Waals surface area (Å²) in [4.78, 5) is 12.2. The first-order chi connectivity index (χ1) is 10.1. The van der Waals surface area contributed by atoms with Gasteiger partial charge in [0.1, 0.15) is 17.3 Å². The molecule has 3 rings (SSSR count). The molecule has 0 radical (unpaired) electrons. The van der Waals surface area contributed by atoms with Crippen molar-refractivity contribution in [3.63, 3.8) is 0 Å². The minimum Gasteiger partial charge on any atom is -0.466 e. The molecule has 0 saturated heterocycles. The van der Waals surface area contributed by atoms with E-state index in [0.717, 1.165) is 12.1 Å². The van der Waals surface area contributed by atoms with Crippen LogP contribution in [-0.2, 0) is 13.0 Å². The summed E-state index contributed by atoms with van der Waals surface area (Å²) < 4.78 is 19.8. The Labute approximate surface area is 122 Å². The Kier molecular flexibility index (Phi) is 3.51. The SMILES string of the molecule is Cc1cc(C(=O)Nc2ccc3c(c2F)CCNC3)c(C)o1. The smallest absolute Gasteiger partial charge is 0.259 e. The molecular weight excluding hydrogens is 271 g/mol. The highest BCUT2D eigenvalue weighted by molar-refractivity contribution is 6.05. The molecule has 2 heterocycles. The molecule has 0 saturated carbocycles. The first-order valence-corrected chi connectivity index (χ1v) is 6.95. The third kappa shape index (κ3) is 2.56. The van der Waals surface area contributed by atoms with Gasteiger partial charge in [-0.1, -0.05) is 6.07 Å². The molecule has 2 N–H and O–H groups in total. The van der Waals surface area contributed by atoms with Gasteiger partial charge in [0.25, 0.3) is 5.91 Å².